The summed E-state index contributed by atoms with van der Waals surface area (Å²) in [5.41, 5.74) is 0.911. The van der Waals surface area contributed by atoms with Crippen molar-refractivity contribution in [1.29, 1.82) is 5.26 Å². The van der Waals surface area contributed by atoms with Crippen LogP contribution in [0.25, 0.3) is 0 Å². The molecule has 14 heavy (non-hydrogen) atoms. The van der Waals surface area contributed by atoms with Crippen LogP contribution in [0.3, 0.4) is 0 Å². The molecular formula is C11H14N2O. The van der Waals surface area contributed by atoms with Crippen LogP contribution in [0.5, 0.6) is 5.88 Å². The molecule has 1 aromatic heterocycles. The predicted octanol–water partition coefficient (Wildman–Crippen LogP) is 2.28. The van der Waals surface area contributed by atoms with Crippen molar-refractivity contribution in [1.82, 2.24) is 4.98 Å². The molecule has 0 saturated carbocycles. The molecule has 3 nitrogen and oxygen atoms in total. The molecule has 0 amide bonds. The maximum Gasteiger partial charge on any atom is 0.212 e. The Labute approximate surface area is 84.3 Å². The van der Waals surface area contributed by atoms with Crippen LogP contribution in [-0.2, 0) is 5.41 Å². The van der Waals surface area contributed by atoms with Gasteiger partial charge in [-0.15, -0.1) is 0 Å². The van der Waals surface area contributed by atoms with Crippen LogP contribution in [-0.4, -0.2) is 12.1 Å². The number of aromatic nitrogens is 1. The first kappa shape index (κ1) is 10.5. The van der Waals surface area contributed by atoms with Gasteiger partial charge in [0.25, 0.3) is 0 Å². The Morgan fingerprint density at radius 3 is 2.64 bits per heavy atom. The molecule has 0 atom stereocenters. The average Bonchev–Trinajstić information content (AvgIpc) is 2.18. The van der Waals surface area contributed by atoms with Crippen molar-refractivity contribution in [2.45, 2.75) is 25.7 Å². The summed E-state index contributed by atoms with van der Waals surface area (Å²) in [7, 11) is 1.59. The first-order chi connectivity index (χ1) is 6.60. The summed E-state index contributed by atoms with van der Waals surface area (Å²) < 4.78 is 4.97. The molecule has 0 unspecified atom stereocenters. The van der Waals surface area contributed by atoms with E-state index >= 15 is 0 Å². The largest absolute Gasteiger partial charge is 0.481 e. The summed E-state index contributed by atoms with van der Waals surface area (Å²) in [4.78, 5) is 4.11. The predicted molar refractivity (Wildman–Crippen MR) is 54.0 cm³/mol. The van der Waals surface area contributed by atoms with E-state index in [1.165, 1.54) is 0 Å². The molecule has 74 valence electrons. The average molecular weight is 190 g/mol. The number of methoxy groups -OCH3 is 1. The summed E-state index contributed by atoms with van der Waals surface area (Å²) in [6.45, 7) is 4.05. The van der Waals surface area contributed by atoms with Crippen molar-refractivity contribution in [3.63, 3.8) is 0 Å². The Balaban J connectivity index is 2.92. The third kappa shape index (κ3) is 2.23. The normalized spacial score (nSPS) is 10.7. The van der Waals surface area contributed by atoms with Crippen LogP contribution in [0.4, 0.5) is 0 Å². The molecule has 0 bridgehead atoms. The molecule has 0 N–H and O–H groups in total. The van der Waals surface area contributed by atoms with Gasteiger partial charge < -0.3 is 4.74 Å². The van der Waals surface area contributed by atoms with Crippen LogP contribution in [0, 0.1) is 11.3 Å². The third-order valence-corrected chi connectivity index (χ3v) is 2.25. The highest BCUT2D eigenvalue weighted by atomic mass is 16.5. The van der Waals surface area contributed by atoms with E-state index < -0.39 is 0 Å². The first-order valence-electron chi connectivity index (χ1n) is 4.47. The van der Waals surface area contributed by atoms with Crippen molar-refractivity contribution < 1.29 is 4.74 Å². The number of pyridine rings is 1. The standard InChI is InChI=1S/C11H14N2O/c1-11(2,6-7-12)9-4-5-10(14-3)13-8-9/h4-5,8H,6H2,1-3H3. The van der Waals surface area contributed by atoms with Gasteiger partial charge in [-0.3, -0.25) is 0 Å². The van der Waals surface area contributed by atoms with E-state index in [-0.39, 0.29) is 5.41 Å². The zero-order valence-electron chi connectivity index (χ0n) is 8.74. The highest BCUT2D eigenvalue weighted by molar-refractivity contribution is 5.25. The van der Waals surface area contributed by atoms with Crippen molar-refractivity contribution in [2.24, 2.45) is 0 Å². The molecule has 0 aliphatic rings. The minimum absolute atomic E-state index is 0.145. The quantitative estimate of drug-likeness (QED) is 0.734. The minimum atomic E-state index is -0.145. The van der Waals surface area contributed by atoms with E-state index in [9.17, 15) is 0 Å². The second-order valence-corrected chi connectivity index (χ2v) is 3.81. The molecule has 0 radical (unpaired) electrons. The van der Waals surface area contributed by atoms with E-state index in [4.69, 9.17) is 10.00 Å². The molecule has 1 rings (SSSR count). The highest BCUT2D eigenvalue weighted by Crippen LogP contribution is 2.26. The monoisotopic (exact) mass is 190 g/mol. The van der Waals surface area contributed by atoms with Crippen molar-refractivity contribution >= 4 is 0 Å². The highest BCUT2D eigenvalue weighted by Gasteiger charge is 2.20. The lowest BCUT2D eigenvalue weighted by Crippen LogP contribution is -2.16. The van der Waals surface area contributed by atoms with Gasteiger partial charge in [0.1, 0.15) is 0 Å². The summed E-state index contributed by atoms with van der Waals surface area (Å²) in [6, 6.07) is 5.94. The number of hydrogen-bond donors (Lipinski definition) is 0. The molecule has 0 spiro atoms. The third-order valence-electron chi connectivity index (χ3n) is 2.25. The maximum atomic E-state index is 8.67. The molecule has 1 aromatic rings. The van der Waals surface area contributed by atoms with Crippen LogP contribution >= 0.6 is 0 Å². The molecule has 0 aromatic carbocycles. The zero-order valence-corrected chi connectivity index (χ0v) is 8.74. The fourth-order valence-corrected chi connectivity index (χ4v) is 1.20. The number of nitrogens with zero attached hydrogens (tertiary/aromatic N) is 2. The van der Waals surface area contributed by atoms with Crippen LogP contribution < -0.4 is 4.74 Å². The lowest BCUT2D eigenvalue weighted by molar-refractivity contribution is 0.396. The van der Waals surface area contributed by atoms with Gasteiger partial charge in [0.15, 0.2) is 0 Å². The Kier molecular flexibility index (Phi) is 3.08. The van der Waals surface area contributed by atoms with Gasteiger partial charge in [0.2, 0.25) is 5.88 Å². The van der Waals surface area contributed by atoms with E-state index in [1.807, 2.05) is 26.0 Å². The van der Waals surface area contributed by atoms with Gasteiger partial charge in [-0.05, 0) is 5.56 Å². The van der Waals surface area contributed by atoms with E-state index in [0.717, 1.165) is 5.56 Å². The van der Waals surface area contributed by atoms with E-state index in [2.05, 4.69) is 11.1 Å². The summed E-state index contributed by atoms with van der Waals surface area (Å²) >= 11 is 0. The second kappa shape index (κ2) is 4.10. The summed E-state index contributed by atoms with van der Waals surface area (Å²) in [5, 5.41) is 8.67. The van der Waals surface area contributed by atoms with Gasteiger partial charge >= 0.3 is 0 Å². The summed E-state index contributed by atoms with van der Waals surface area (Å²) in [5.74, 6) is 0.599. The smallest absolute Gasteiger partial charge is 0.212 e. The first-order valence-corrected chi connectivity index (χ1v) is 4.47. The van der Waals surface area contributed by atoms with Gasteiger partial charge in [0.05, 0.1) is 13.2 Å². The second-order valence-electron chi connectivity index (χ2n) is 3.81. The minimum Gasteiger partial charge on any atom is -0.481 e. The fourth-order valence-electron chi connectivity index (χ4n) is 1.20. The summed E-state index contributed by atoms with van der Waals surface area (Å²) in [6.07, 6.45) is 2.25. The van der Waals surface area contributed by atoms with Crippen molar-refractivity contribution in [2.75, 3.05) is 7.11 Å². The van der Waals surface area contributed by atoms with Gasteiger partial charge in [0, 0.05) is 24.1 Å². The number of rotatable bonds is 3. The molecular weight excluding hydrogens is 176 g/mol. The van der Waals surface area contributed by atoms with Gasteiger partial charge in [-0.25, -0.2) is 4.98 Å². The molecule has 0 aliphatic carbocycles. The molecule has 3 heteroatoms. The molecule has 0 saturated heterocycles. The topological polar surface area (TPSA) is 45.9 Å². The van der Waals surface area contributed by atoms with Crippen LogP contribution in [0.15, 0.2) is 18.3 Å². The van der Waals surface area contributed by atoms with Crippen LogP contribution in [0.2, 0.25) is 0 Å². The van der Waals surface area contributed by atoms with Crippen molar-refractivity contribution in [3.05, 3.63) is 23.9 Å². The number of ether oxygens (including phenoxy) is 1. The Bertz CT molecular complexity index is 335. The number of nitriles is 1. The molecule has 0 fully saturated rings. The number of hydrogen-bond acceptors (Lipinski definition) is 3. The van der Waals surface area contributed by atoms with E-state index in [0.29, 0.717) is 12.3 Å². The Hall–Kier alpha value is -1.56. The Morgan fingerprint density at radius 2 is 2.21 bits per heavy atom. The molecule has 1 heterocycles. The SMILES string of the molecule is COc1ccc(C(C)(C)CC#N)cn1. The van der Waals surface area contributed by atoms with Gasteiger partial charge in [-0.2, -0.15) is 5.26 Å². The van der Waals surface area contributed by atoms with Crippen molar-refractivity contribution in [3.8, 4) is 11.9 Å². The zero-order chi connectivity index (χ0) is 10.6. The van der Waals surface area contributed by atoms with Gasteiger partial charge in [-0.1, -0.05) is 19.9 Å². The molecule has 0 aliphatic heterocycles. The maximum absolute atomic E-state index is 8.67. The van der Waals surface area contributed by atoms with Crippen LogP contribution in [0.1, 0.15) is 25.8 Å². The lowest BCUT2D eigenvalue weighted by Gasteiger charge is -2.21. The lowest BCUT2D eigenvalue weighted by atomic mass is 9.83. The fraction of sp³-hybridized carbons (Fsp3) is 0.455. The van der Waals surface area contributed by atoms with E-state index in [1.54, 1.807) is 13.3 Å². The Morgan fingerprint density at radius 1 is 1.50 bits per heavy atom.